The Balaban J connectivity index is 2.30. The molecule has 0 amide bonds. The van der Waals surface area contributed by atoms with E-state index >= 15 is 0 Å². The molecule has 1 aromatic carbocycles. The van der Waals surface area contributed by atoms with Crippen molar-refractivity contribution in [2.24, 2.45) is 7.05 Å². The maximum atomic E-state index is 13.3. The molecule has 0 spiro atoms. The highest BCUT2D eigenvalue weighted by atomic mass is 19.1. The van der Waals surface area contributed by atoms with Crippen molar-refractivity contribution in [3.63, 3.8) is 0 Å². The molecule has 1 unspecified atom stereocenters. The number of hydrogen-bond acceptors (Lipinski definition) is 2. The first kappa shape index (κ1) is 13.6. The zero-order valence-electron chi connectivity index (χ0n) is 12.1. The van der Waals surface area contributed by atoms with Crippen molar-refractivity contribution < 1.29 is 4.39 Å². The molecule has 2 aromatic rings. The molecule has 0 saturated carbocycles. The number of hydrogen-bond donors (Lipinski definition) is 1. The topological polar surface area (TPSA) is 29.9 Å². The summed E-state index contributed by atoms with van der Waals surface area (Å²) >= 11 is 0. The van der Waals surface area contributed by atoms with E-state index in [2.05, 4.69) is 17.3 Å². The molecule has 0 aliphatic heterocycles. The number of nitrogens with zero attached hydrogens (tertiary/aromatic N) is 2. The Morgan fingerprint density at radius 3 is 2.53 bits per heavy atom. The molecule has 0 fully saturated rings. The highest BCUT2D eigenvalue weighted by Gasteiger charge is 2.16. The van der Waals surface area contributed by atoms with Crippen molar-refractivity contribution >= 4 is 5.69 Å². The molecule has 19 heavy (non-hydrogen) atoms. The van der Waals surface area contributed by atoms with Gasteiger partial charge in [-0.15, -0.1) is 0 Å². The molecule has 1 N–H and O–H groups in total. The maximum absolute atomic E-state index is 13.3. The predicted molar refractivity (Wildman–Crippen MR) is 75.9 cm³/mol. The van der Waals surface area contributed by atoms with E-state index in [4.69, 9.17) is 0 Å². The van der Waals surface area contributed by atoms with Crippen molar-refractivity contribution in [2.75, 3.05) is 5.32 Å². The van der Waals surface area contributed by atoms with Crippen LogP contribution in [0.3, 0.4) is 0 Å². The van der Waals surface area contributed by atoms with E-state index in [-0.39, 0.29) is 11.9 Å². The maximum Gasteiger partial charge on any atom is 0.125 e. The Kier molecular flexibility index (Phi) is 3.60. The summed E-state index contributed by atoms with van der Waals surface area (Å²) in [4.78, 5) is 0. The SMILES string of the molecule is Cc1ccc(F)cc1NC(C)c1c(C)nn(C)c1C. The molecule has 2 rings (SSSR count). The quantitative estimate of drug-likeness (QED) is 0.913. The Morgan fingerprint density at radius 2 is 1.95 bits per heavy atom. The average molecular weight is 261 g/mol. The summed E-state index contributed by atoms with van der Waals surface area (Å²) in [5, 5.41) is 7.78. The van der Waals surface area contributed by atoms with E-state index in [0.29, 0.717) is 0 Å². The number of nitrogens with one attached hydrogen (secondary N) is 1. The second kappa shape index (κ2) is 5.03. The molecule has 0 radical (unpaired) electrons. The fourth-order valence-corrected chi connectivity index (χ4v) is 2.47. The summed E-state index contributed by atoms with van der Waals surface area (Å²) in [5.41, 5.74) is 5.18. The van der Waals surface area contributed by atoms with Crippen LogP contribution in [0.1, 0.15) is 35.5 Å². The van der Waals surface area contributed by atoms with Gasteiger partial charge in [0.05, 0.1) is 11.7 Å². The van der Waals surface area contributed by atoms with Crippen LogP contribution in [0.5, 0.6) is 0 Å². The third kappa shape index (κ3) is 2.62. The molecule has 1 aromatic heterocycles. The van der Waals surface area contributed by atoms with Crippen LogP contribution >= 0.6 is 0 Å². The van der Waals surface area contributed by atoms with Crippen LogP contribution in [0.25, 0.3) is 0 Å². The first-order valence-electron chi connectivity index (χ1n) is 6.43. The van der Waals surface area contributed by atoms with Crippen LogP contribution in [-0.4, -0.2) is 9.78 Å². The fraction of sp³-hybridized carbons (Fsp3) is 0.400. The molecule has 102 valence electrons. The highest BCUT2D eigenvalue weighted by Crippen LogP contribution is 2.26. The van der Waals surface area contributed by atoms with E-state index in [0.717, 1.165) is 22.6 Å². The Labute approximate surface area is 113 Å². The van der Waals surface area contributed by atoms with Crippen molar-refractivity contribution in [1.82, 2.24) is 9.78 Å². The van der Waals surface area contributed by atoms with E-state index in [1.54, 1.807) is 6.07 Å². The third-order valence-electron chi connectivity index (χ3n) is 3.57. The second-order valence-corrected chi connectivity index (χ2v) is 5.03. The summed E-state index contributed by atoms with van der Waals surface area (Å²) in [6.07, 6.45) is 0. The van der Waals surface area contributed by atoms with Gasteiger partial charge in [0.15, 0.2) is 0 Å². The first-order chi connectivity index (χ1) is 8.90. The van der Waals surface area contributed by atoms with Gasteiger partial charge in [-0.05, 0) is 45.4 Å². The normalized spacial score (nSPS) is 12.5. The smallest absolute Gasteiger partial charge is 0.125 e. The Morgan fingerprint density at radius 1 is 1.26 bits per heavy atom. The summed E-state index contributed by atoms with van der Waals surface area (Å²) < 4.78 is 15.2. The second-order valence-electron chi connectivity index (χ2n) is 5.03. The van der Waals surface area contributed by atoms with Gasteiger partial charge in [0.2, 0.25) is 0 Å². The lowest BCUT2D eigenvalue weighted by atomic mass is 10.1. The van der Waals surface area contributed by atoms with E-state index < -0.39 is 0 Å². The Bertz CT molecular complexity index is 602. The molecule has 0 bridgehead atoms. The summed E-state index contributed by atoms with van der Waals surface area (Å²) in [7, 11) is 1.94. The van der Waals surface area contributed by atoms with Crippen LogP contribution in [-0.2, 0) is 7.05 Å². The number of rotatable bonds is 3. The molecule has 0 aliphatic carbocycles. The molecule has 0 saturated heterocycles. The van der Waals surface area contributed by atoms with Gasteiger partial charge in [0, 0.05) is 24.0 Å². The van der Waals surface area contributed by atoms with Crippen LogP contribution < -0.4 is 5.32 Å². The zero-order valence-corrected chi connectivity index (χ0v) is 12.1. The fourth-order valence-electron chi connectivity index (χ4n) is 2.47. The standard InChI is InChI=1S/C15H20FN3/c1-9-6-7-13(16)8-14(9)17-10(2)15-11(3)18-19(5)12(15)4/h6-8,10,17H,1-5H3. The van der Waals surface area contributed by atoms with Gasteiger partial charge in [0.1, 0.15) is 5.82 Å². The lowest BCUT2D eigenvalue weighted by Gasteiger charge is -2.18. The Hall–Kier alpha value is -1.84. The van der Waals surface area contributed by atoms with Crippen molar-refractivity contribution in [3.05, 3.63) is 46.5 Å². The monoisotopic (exact) mass is 261 g/mol. The lowest BCUT2D eigenvalue weighted by Crippen LogP contribution is -2.10. The molecule has 3 nitrogen and oxygen atoms in total. The van der Waals surface area contributed by atoms with E-state index in [9.17, 15) is 4.39 Å². The minimum Gasteiger partial charge on any atom is -0.378 e. The number of aryl methyl sites for hydroxylation is 3. The van der Waals surface area contributed by atoms with Gasteiger partial charge in [-0.25, -0.2) is 4.39 Å². The van der Waals surface area contributed by atoms with Crippen LogP contribution in [0.15, 0.2) is 18.2 Å². The average Bonchev–Trinajstić information content (AvgIpc) is 2.58. The van der Waals surface area contributed by atoms with Crippen molar-refractivity contribution in [2.45, 2.75) is 33.7 Å². The van der Waals surface area contributed by atoms with E-state index in [1.807, 2.05) is 32.5 Å². The highest BCUT2D eigenvalue weighted by molar-refractivity contribution is 5.52. The predicted octanol–water partition coefficient (Wildman–Crippen LogP) is 3.66. The number of anilines is 1. The molecule has 1 heterocycles. The summed E-state index contributed by atoms with van der Waals surface area (Å²) in [6, 6.07) is 4.89. The third-order valence-corrected chi connectivity index (χ3v) is 3.57. The first-order valence-corrected chi connectivity index (χ1v) is 6.43. The summed E-state index contributed by atoms with van der Waals surface area (Å²) in [5.74, 6) is -0.222. The van der Waals surface area contributed by atoms with Crippen LogP contribution in [0.2, 0.25) is 0 Å². The van der Waals surface area contributed by atoms with E-state index in [1.165, 1.54) is 17.7 Å². The minimum atomic E-state index is -0.222. The molecule has 4 heteroatoms. The molecular formula is C15H20FN3. The number of aromatic nitrogens is 2. The minimum absolute atomic E-state index is 0.0919. The largest absolute Gasteiger partial charge is 0.378 e. The van der Waals surface area contributed by atoms with Crippen LogP contribution in [0, 0.1) is 26.6 Å². The van der Waals surface area contributed by atoms with Gasteiger partial charge in [-0.2, -0.15) is 5.10 Å². The van der Waals surface area contributed by atoms with Crippen LogP contribution in [0.4, 0.5) is 10.1 Å². The number of benzene rings is 1. The molecule has 0 aliphatic rings. The molecular weight excluding hydrogens is 241 g/mol. The van der Waals surface area contributed by atoms with Gasteiger partial charge in [-0.3, -0.25) is 4.68 Å². The molecule has 1 atom stereocenters. The number of halogens is 1. The van der Waals surface area contributed by atoms with Gasteiger partial charge < -0.3 is 5.32 Å². The van der Waals surface area contributed by atoms with Crippen molar-refractivity contribution in [1.29, 1.82) is 0 Å². The lowest BCUT2D eigenvalue weighted by molar-refractivity contribution is 0.627. The van der Waals surface area contributed by atoms with Gasteiger partial charge >= 0.3 is 0 Å². The summed E-state index contributed by atoms with van der Waals surface area (Å²) in [6.45, 7) is 8.09. The van der Waals surface area contributed by atoms with Crippen molar-refractivity contribution in [3.8, 4) is 0 Å². The van der Waals surface area contributed by atoms with Gasteiger partial charge in [-0.1, -0.05) is 6.07 Å². The zero-order chi connectivity index (χ0) is 14.2. The van der Waals surface area contributed by atoms with Gasteiger partial charge in [0.25, 0.3) is 0 Å².